The van der Waals surface area contributed by atoms with Crippen LogP contribution in [0.2, 0.25) is 0 Å². The van der Waals surface area contributed by atoms with E-state index in [0.29, 0.717) is 19.3 Å². The minimum atomic E-state index is -4.50. The van der Waals surface area contributed by atoms with Crippen molar-refractivity contribution in [1.82, 2.24) is 0 Å². The Morgan fingerprint density at radius 2 is 1.87 bits per heavy atom. The number of allylic oxidation sites excluding steroid dienone is 2. The van der Waals surface area contributed by atoms with Crippen molar-refractivity contribution >= 4 is 5.97 Å². The van der Waals surface area contributed by atoms with Crippen molar-refractivity contribution in [1.29, 1.82) is 0 Å². The van der Waals surface area contributed by atoms with Gasteiger partial charge in [0.05, 0.1) is 31.0 Å². The molecule has 220 valence electrons. The number of halogens is 3. The molecule has 11 heteroatoms. The maximum absolute atomic E-state index is 12.8. The number of rotatable bonds is 15. The van der Waals surface area contributed by atoms with Crippen molar-refractivity contribution in [3.63, 3.8) is 0 Å². The quantitative estimate of drug-likeness (QED) is 0.126. The van der Waals surface area contributed by atoms with Crippen molar-refractivity contribution in [2.45, 2.75) is 63.5 Å². The second-order valence-corrected chi connectivity index (χ2v) is 10.3. The topological polar surface area (TPSA) is 137 Å². The van der Waals surface area contributed by atoms with Crippen LogP contribution in [0.15, 0.2) is 48.6 Å². The molecule has 0 amide bonds. The fourth-order valence-electron chi connectivity index (χ4n) is 4.17. The number of hydrogen-bond acceptors (Lipinski definition) is 8. The third-order valence-corrected chi connectivity index (χ3v) is 6.73. The summed E-state index contributed by atoms with van der Waals surface area (Å²) in [4.78, 5) is 11.8. The van der Waals surface area contributed by atoms with E-state index in [1.54, 1.807) is 13.0 Å². The van der Waals surface area contributed by atoms with E-state index >= 15 is 0 Å². The van der Waals surface area contributed by atoms with E-state index in [1.807, 2.05) is 12.2 Å². The largest absolute Gasteiger partial charge is 0.491 e. The van der Waals surface area contributed by atoms with Crippen molar-refractivity contribution in [3.05, 3.63) is 54.1 Å². The number of ether oxygens (including phenoxy) is 2. The number of esters is 1. The molecule has 0 bridgehead atoms. The van der Waals surface area contributed by atoms with Crippen LogP contribution in [0.4, 0.5) is 13.2 Å². The summed E-state index contributed by atoms with van der Waals surface area (Å²) in [6, 6.07) is 4.35. The first-order chi connectivity index (χ1) is 18.4. The standard InChI is InChI=1S/C28H39F3O8/c1-27(16-32,17-33)18-39-26(37)10-5-3-2-4-9-22-23(25(36)14-24(22)35)12-11-20(34)15-38-21-8-6-7-19(13-21)28(29,30)31/h2,4,6-8,11-13,20,22-25,32-36H,3,5,9-10,14-18H2,1H3/t20-,22-,23-,24+,25-/m1/s1. The van der Waals surface area contributed by atoms with E-state index in [-0.39, 0.29) is 50.9 Å². The van der Waals surface area contributed by atoms with E-state index in [1.165, 1.54) is 18.2 Å². The molecule has 1 aliphatic carbocycles. The molecule has 0 saturated heterocycles. The van der Waals surface area contributed by atoms with Gasteiger partial charge in [0, 0.05) is 24.2 Å². The van der Waals surface area contributed by atoms with E-state index in [4.69, 9.17) is 9.47 Å². The first kappa shape index (κ1) is 32.8. The van der Waals surface area contributed by atoms with Gasteiger partial charge in [0.1, 0.15) is 25.1 Å². The highest BCUT2D eigenvalue weighted by atomic mass is 19.4. The lowest BCUT2D eigenvalue weighted by molar-refractivity contribution is -0.149. The molecule has 0 aliphatic heterocycles. The maximum Gasteiger partial charge on any atom is 0.416 e. The molecular weight excluding hydrogens is 521 g/mol. The van der Waals surface area contributed by atoms with Crippen LogP contribution in [-0.4, -0.2) is 76.2 Å². The maximum atomic E-state index is 12.8. The van der Waals surface area contributed by atoms with Gasteiger partial charge in [-0.25, -0.2) is 0 Å². The Bertz CT molecular complexity index is 945. The van der Waals surface area contributed by atoms with Gasteiger partial charge >= 0.3 is 12.1 Å². The smallest absolute Gasteiger partial charge is 0.416 e. The lowest BCUT2D eigenvalue weighted by Crippen LogP contribution is -2.32. The van der Waals surface area contributed by atoms with Gasteiger partial charge in [-0.15, -0.1) is 0 Å². The third-order valence-electron chi connectivity index (χ3n) is 6.73. The van der Waals surface area contributed by atoms with Crippen LogP contribution in [0.1, 0.15) is 44.6 Å². The van der Waals surface area contributed by atoms with Crippen LogP contribution in [-0.2, 0) is 15.7 Å². The second-order valence-electron chi connectivity index (χ2n) is 10.3. The Morgan fingerprint density at radius 3 is 2.54 bits per heavy atom. The number of hydrogen-bond donors (Lipinski definition) is 5. The Hall–Kier alpha value is -2.44. The number of unbranched alkanes of at least 4 members (excludes halogenated alkanes) is 1. The summed E-state index contributed by atoms with van der Waals surface area (Å²) in [5.74, 6) is -1.19. The van der Waals surface area contributed by atoms with E-state index in [0.717, 1.165) is 12.1 Å². The van der Waals surface area contributed by atoms with Gasteiger partial charge in [0.2, 0.25) is 0 Å². The number of benzene rings is 1. The van der Waals surface area contributed by atoms with Crippen LogP contribution in [0.5, 0.6) is 5.75 Å². The molecule has 2 rings (SSSR count). The van der Waals surface area contributed by atoms with Gasteiger partial charge in [-0.3, -0.25) is 4.79 Å². The van der Waals surface area contributed by atoms with E-state index in [9.17, 15) is 43.5 Å². The minimum absolute atomic E-state index is 0.0290. The van der Waals surface area contributed by atoms with Crippen LogP contribution in [0.25, 0.3) is 0 Å². The minimum Gasteiger partial charge on any atom is -0.491 e. The molecule has 1 aromatic rings. The average molecular weight is 561 g/mol. The summed E-state index contributed by atoms with van der Waals surface area (Å²) in [7, 11) is 0. The highest BCUT2D eigenvalue weighted by Crippen LogP contribution is 2.36. The Morgan fingerprint density at radius 1 is 1.15 bits per heavy atom. The summed E-state index contributed by atoms with van der Waals surface area (Å²) in [6.45, 7) is 0.649. The van der Waals surface area contributed by atoms with Crippen molar-refractivity contribution in [2.75, 3.05) is 26.4 Å². The fourth-order valence-corrected chi connectivity index (χ4v) is 4.17. The van der Waals surface area contributed by atoms with Crippen molar-refractivity contribution in [2.24, 2.45) is 17.3 Å². The molecule has 0 spiro atoms. The summed E-state index contributed by atoms with van der Waals surface area (Å²) >= 11 is 0. The number of aliphatic hydroxyl groups is 5. The summed E-state index contributed by atoms with van der Waals surface area (Å²) in [6.07, 6.45) is 1.46. The number of alkyl halides is 3. The predicted molar refractivity (Wildman–Crippen MR) is 137 cm³/mol. The summed E-state index contributed by atoms with van der Waals surface area (Å²) in [5.41, 5.74) is -1.73. The van der Waals surface area contributed by atoms with Crippen molar-refractivity contribution < 1.29 is 53.0 Å². The lowest BCUT2D eigenvalue weighted by Gasteiger charge is -2.23. The average Bonchev–Trinajstić information content (AvgIpc) is 3.17. The zero-order valence-corrected chi connectivity index (χ0v) is 22.0. The highest BCUT2D eigenvalue weighted by molar-refractivity contribution is 5.69. The molecule has 1 saturated carbocycles. The molecule has 1 aromatic carbocycles. The predicted octanol–water partition coefficient (Wildman–Crippen LogP) is 3.01. The van der Waals surface area contributed by atoms with Crippen LogP contribution in [0, 0.1) is 17.3 Å². The molecule has 39 heavy (non-hydrogen) atoms. The highest BCUT2D eigenvalue weighted by Gasteiger charge is 2.39. The Kier molecular flexibility index (Phi) is 12.9. The second kappa shape index (κ2) is 15.4. The lowest BCUT2D eigenvalue weighted by atomic mass is 9.89. The molecule has 5 atom stereocenters. The van der Waals surface area contributed by atoms with Crippen LogP contribution in [0.3, 0.4) is 0 Å². The molecule has 0 radical (unpaired) electrons. The SMILES string of the molecule is CC(CO)(CO)COC(=O)CCCC=CC[C@@H]1[C@@H](C=C[C@@H](O)COc2cccc(C(F)(F)F)c2)[C@H](O)C[C@@H]1O. The fraction of sp³-hybridized carbons (Fsp3) is 0.607. The number of aliphatic hydroxyl groups excluding tert-OH is 5. The summed E-state index contributed by atoms with van der Waals surface area (Å²) < 4.78 is 48.9. The van der Waals surface area contributed by atoms with Crippen molar-refractivity contribution in [3.8, 4) is 5.75 Å². The van der Waals surface area contributed by atoms with Gasteiger partial charge < -0.3 is 35.0 Å². The van der Waals surface area contributed by atoms with Crippen LogP contribution < -0.4 is 4.74 Å². The first-order valence-corrected chi connectivity index (χ1v) is 12.9. The van der Waals surface area contributed by atoms with Gasteiger partial charge in [0.25, 0.3) is 0 Å². The van der Waals surface area contributed by atoms with Crippen LogP contribution >= 0.6 is 0 Å². The third kappa shape index (κ3) is 10.9. The zero-order chi connectivity index (χ0) is 29.1. The summed E-state index contributed by atoms with van der Waals surface area (Å²) in [5, 5.41) is 49.4. The van der Waals surface area contributed by atoms with Gasteiger partial charge in [0.15, 0.2) is 0 Å². The van der Waals surface area contributed by atoms with Gasteiger partial charge in [-0.1, -0.05) is 37.3 Å². The van der Waals surface area contributed by atoms with E-state index in [2.05, 4.69) is 0 Å². The Balaban J connectivity index is 1.78. The zero-order valence-electron chi connectivity index (χ0n) is 22.0. The van der Waals surface area contributed by atoms with Gasteiger partial charge in [-0.05, 0) is 43.4 Å². The molecule has 1 aliphatic rings. The monoisotopic (exact) mass is 560 g/mol. The molecule has 5 N–H and O–H groups in total. The molecule has 0 aromatic heterocycles. The molecule has 8 nitrogen and oxygen atoms in total. The van der Waals surface area contributed by atoms with E-state index < -0.39 is 47.4 Å². The Labute approximate surface area is 226 Å². The molecule has 1 fully saturated rings. The van der Waals surface area contributed by atoms with Gasteiger partial charge in [-0.2, -0.15) is 13.2 Å². The number of carbonyl (C=O) groups excluding carboxylic acids is 1. The normalized spacial score (nSPS) is 23.0. The molecular formula is C28H39F3O8. The number of carbonyl (C=O) groups is 1. The molecule has 0 heterocycles. The first-order valence-electron chi connectivity index (χ1n) is 12.9. The molecule has 0 unspecified atom stereocenters.